The molecule has 15 heteroatoms. The number of amides is 3. The minimum atomic E-state index is -0.980. The highest BCUT2D eigenvalue weighted by molar-refractivity contribution is 6.13. The number of carboxylic acid groups (broad SMARTS) is 1. The number of ether oxygens (including phenoxy) is 5. The lowest BCUT2D eigenvalue weighted by Crippen LogP contribution is -2.48. The van der Waals surface area contributed by atoms with Gasteiger partial charge in [-0.05, 0) is 37.5 Å². The van der Waals surface area contributed by atoms with Gasteiger partial charge in [0.15, 0.2) is 0 Å². The van der Waals surface area contributed by atoms with Gasteiger partial charge >= 0.3 is 5.97 Å². The van der Waals surface area contributed by atoms with E-state index in [1.54, 1.807) is 13.0 Å². The molecular weight excluding hydrogens is 620 g/mol. The van der Waals surface area contributed by atoms with Crippen molar-refractivity contribution in [1.29, 1.82) is 0 Å². The Hall–Kier alpha value is -3.89. The van der Waals surface area contributed by atoms with Crippen LogP contribution in [-0.2, 0) is 55.9 Å². The highest BCUT2D eigenvalue weighted by Gasteiger charge is 2.35. The topological polar surface area (TPSA) is 207 Å². The fourth-order valence-corrected chi connectivity index (χ4v) is 4.35. The van der Waals surface area contributed by atoms with E-state index in [-0.39, 0.29) is 38.4 Å². The van der Waals surface area contributed by atoms with Gasteiger partial charge in [-0.2, -0.15) is 0 Å². The molecule has 0 bridgehead atoms. The van der Waals surface area contributed by atoms with Crippen LogP contribution in [0.15, 0.2) is 30.4 Å². The van der Waals surface area contributed by atoms with E-state index in [2.05, 4.69) is 5.32 Å². The number of imide groups is 1. The summed E-state index contributed by atoms with van der Waals surface area (Å²) in [6.45, 7) is 8.69. The minimum Gasteiger partial charge on any atom is -0.483 e. The fraction of sp³-hybridized carbons (Fsp3) is 0.594. The SMILES string of the molecule is CC.CC(=O)OCc1cc(CCCOCCOCCNC(=O)CCN2C(=O)C=CC2=O)ccc1OC1CC(O)[C@H](O)C(C)O1.O=CO. The van der Waals surface area contributed by atoms with E-state index in [1.807, 2.05) is 26.0 Å². The molecule has 2 aliphatic heterocycles. The molecule has 1 saturated heterocycles. The number of carbonyl (C=O) groups is 5. The number of carbonyl (C=O) groups excluding carboxylic acids is 4. The number of nitrogens with zero attached hydrogens (tertiary/aromatic N) is 1. The second kappa shape index (κ2) is 23.4. The molecule has 15 nitrogen and oxygen atoms in total. The molecule has 0 aliphatic carbocycles. The van der Waals surface area contributed by atoms with Crippen LogP contribution in [0.5, 0.6) is 5.75 Å². The van der Waals surface area contributed by atoms with Crippen molar-refractivity contribution in [2.75, 3.05) is 39.5 Å². The van der Waals surface area contributed by atoms with Crippen molar-refractivity contribution in [3.63, 3.8) is 0 Å². The number of aryl methyl sites for hydroxylation is 1. The molecule has 47 heavy (non-hydrogen) atoms. The zero-order valence-corrected chi connectivity index (χ0v) is 27.4. The summed E-state index contributed by atoms with van der Waals surface area (Å²) in [4.78, 5) is 55.6. The Bertz CT molecular complexity index is 1130. The summed E-state index contributed by atoms with van der Waals surface area (Å²) in [7, 11) is 0. The number of hydrogen-bond acceptors (Lipinski definition) is 12. The Morgan fingerprint density at radius 1 is 1.06 bits per heavy atom. The number of benzene rings is 1. The van der Waals surface area contributed by atoms with E-state index in [0.717, 1.165) is 16.9 Å². The fourth-order valence-electron chi connectivity index (χ4n) is 4.35. The van der Waals surface area contributed by atoms with Crippen LogP contribution in [0.4, 0.5) is 0 Å². The molecule has 3 amide bonds. The lowest BCUT2D eigenvalue weighted by molar-refractivity contribution is -0.216. The largest absolute Gasteiger partial charge is 0.483 e. The number of nitrogens with one attached hydrogen (secondary N) is 1. The molecule has 1 fully saturated rings. The van der Waals surface area contributed by atoms with Crippen molar-refractivity contribution in [2.45, 2.75) is 84.6 Å². The van der Waals surface area contributed by atoms with Crippen molar-refractivity contribution in [2.24, 2.45) is 0 Å². The Labute approximate surface area is 274 Å². The summed E-state index contributed by atoms with van der Waals surface area (Å²) in [5.74, 6) is -1.04. The number of aliphatic hydroxyl groups is 2. The highest BCUT2D eigenvalue weighted by Crippen LogP contribution is 2.28. The van der Waals surface area contributed by atoms with Crippen molar-refractivity contribution < 1.29 is 63.0 Å². The first kappa shape index (κ1) is 41.1. The highest BCUT2D eigenvalue weighted by atomic mass is 16.7. The van der Waals surface area contributed by atoms with Gasteiger partial charge in [0.25, 0.3) is 18.3 Å². The third-order valence-corrected chi connectivity index (χ3v) is 6.65. The first-order chi connectivity index (χ1) is 22.5. The zero-order chi connectivity index (χ0) is 35.2. The Morgan fingerprint density at radius 2 is 1.70 bits per heavy atom. The van der Waals surface area contributed by atoms with Crippen LogP contribution in [0, 0.1) is 0 Å². The van der Waals surface area contributed by atoms with E-state index < -0.39 is 42.4 Å². The summed E-state index contributed by atoms with van der Waals surface area (Å²) >= 11 is 0. The van der Waals surface area contributed by atoms with E-state index in [9.17, 15) is 29.4 Å². The van der Waals surface area contributed by atoms with Crippen LogP contribution in [-0.4, -0.2) is 115 Å². The summed E-state index contributed by atoms with van der Waals surface area (Å²) in [6, 6.07) is 5.57. The van der Waals surface area contributed by atoms with Gasteiger partial charge in [-0.25, -0.2) is 0 Å². The average Bonchev–Trinajstić information content (AvgIpc) is 3.36. The molecule has 0 saturated carbocycles. The molecule has 0 spiro atoms. The van der Waals surface area contributed by atoms with E-state index in [4.69, 9.17) is 33.6 Å². The average molecular weight is 669 g/mol. The number of esters is 1. The van der Waals surface area contributed by atoms with Crippen molar-refractivity contribution in [3.05, 3.63) is 41.5 Å². The first-order valence-corrected chi connectivity index (χ1v) is 15.5. The van der Waals surface area contributed by atoms with Gasteiger partial charge in [-0.3, -0.25) is 28.9 Å². The monoisotopic (exact) mass is 668 g/mol. The molecule has 3 unspecified atom stereocenters. The summed E-state index contributed by atoms with van der Waals surface area (Å²) in [5, 5.41) is 29.5. The molecule has 0 radical (unpaired) electrons. The van der Waals surface area contributed by atoms with Gasteiger partial charge in [-0.15, -0.1) is 0 Å². The van der Waals surface area contributed by atoms with Gasteiger partial charge in [-0.1, -0.05) is 19.9 Å². The molecular formula is C32H48N2O13. The predicted molar refractivity (Wildman–Crippen MR) is 167 cm³/mol. The maximum absolute atomic E-state index is 11.9. The Morgan fingerprint density at radius 3 is 2.32 bits per heavy atom. The van der Waals surface area contributed by atoms with Gasteiger partial charge in [0.1, 0.15) is 18.5 Å². The lowest BCUT2D eigenvalue weighted by atomic mass is 10.0. The number of rotatable bonds is 17. The predicted octanol–water partition coefficient (Wildman–Crippen LogP) is 1.11. The van der Waals surface area contributed by atoms with Crippen LogP contribution in [0.1, 0.15) is 58.1 Å². The Balaban J connectivity index is 0.00000208. The first-order valence-electron chi connectivity index (χ1n) is 15.5. The van der Waals surface area contributed by atoms with Crippen LogP contribution in [0.25, 0.3) is 0 Å². The smallest absolute Gasteiger partial charge is 0.302 e. The maximum atomic E-state index is 11.9. The van der Waals surface area contributed by atoms with Crippen molar-refractivity contribution in [1.82, 2.24) is 10.2 Å². The zero-order valence-electron chi connectivity index (χ0n) is 27.4. The van der Waals surface area contributed by atoms with Crippen LogP contribution >= 0.6 is 0 Å². The summed E-state index contributed by atoms with van der Waals surface area (Å²) < 4.78 is 27.8. The molecule has 2 heterocycles. The molecule has 264 valence electrons. The van der Waals surface area contributed by atoms with E-state index in [1.165, 1.54) is 19.1 Å². The number of hydrogen-bond donors (Lipinski definition) is 4. The molecule has 0 aromatic heterocycles. The molecule has 4 N–H and O–H groups in total. The molecule has 2 aliphatic rings. The van der Waals surface area contributed by atoms with Crippen LogP contribution < -0.4 is 10.1 Å². The van der Waals surface area contributed by atoms with Gasteiger partial charge in [0, 0.05) is 57.2 Å². The van der Waals surface area contributed by atoms with E-state index in [0.29, 0.717) is 50.7 Å². The summed E-state index contributed by atoms with van der Waals surface area (Å²) in [5.41, 5.74) is 1.67. The standard InChI is InChI=1S/C29H40N2O11.C2H6.CH2O2/c1-19-29(37)23(33)17-28(41-19)42-24-6-5-21(16-22(24)18-40-20(2)32)4-3-12-38-14-15-39-13-10-30-25(34)9-11-31-26(35)7-8-27(31)36;1-2;2-1-3/h5-8,16,19,23,28-29,33,37H,3-4,9-15,17-18H2,1-2H3,(H,30,34);1-2H3;1H,(H,2,3)/t19?,23?,28?,29-;;/m1../s1. The van der Waals surface area contributed by atoms with Crippen LogP contribution in [0.3, 0.4) is 0 Å². The van der Waals surface area contributed by atoms with Crippen molar-refractivity contribution >= 4 is 30.2 Å². The number of aliphatic hydroxyl groups excluding tert-OH is 2. The van der Waals surface area contributed by atoms with E-state index >= 15 is 0 Å². The van der Waals surface area contributed by atoms with Gasteiger partial charge < -0.3 is 44.3 Å². The van der Waals surface area contributed by atoms with Gasteiger partial charge in [0.2, 0.25) is 12.2 Å². The Kier molecular flexibility index (Phi) is 20.5. The summed E-state index contributed by atoms with van der Waals surface area (Å²) in [6.07, 6.45) is 0.698. The second-order valence-electron chi connectivity index (χ2n) is 10.1. The quantitative estimate of drug-likeness (QED) is 0.0795. The third kappa shape index (κ3) is 16.0. The van der Waals surface area contributed by atoms with Crippen molar-refractivity contribution in [3.8, 4) is 5.75 Å². The molecule has 4 atom stereocenters. The molecule has 1 aromatic carbocycles. The molecule has 3 rings (SSSR count). The minimum absolute atomic E-state index is 0.0233. The third-order valence-electron chi connectivity index (χ3n) is 6.65. The lowest BCUT2D eigenvalue weighted by Gasteiger charge is -2.35. The van der Waals surface area contributed by atoms with Crippen LogP contribution in [0.2, 0.25) is 0 Å². The normalized spacial score (nSPS) is 20.0. The van der Waals surface area contributed by atoms with Gasteiger partial charge in [0.05, 0.1) is 32.0 Å². The molecule has 1 aromatic rings. The maximum Gasteiger partial charge on any atom is 0.302 e. The second-order valence-corrected chi connectivity index (χ2v) is 10.1.